The molecule has 0 unspecified atom stereocenters. The lowest BCUT2D eigenvalue weighted by atomic mass is 9.63. The number of rotatable bonds is 1. The summed E-state index contributed by atoms with van der Waals surface area (Å²) < 4.78 is 39.3. The molecule has 1 aromatic carbocycles. The van der Waals surface area contributed by atoms with Gasteiger partial charge in [0.15, 0.2) is 0 Å². The smallest absolute Gasteiger partial charge is 0.274 e. The molecule has 3 fully saturated rings. The third kappa shape index (κ3) is 1.94. The maximum atomic E-state index is 13.1. The average molecular weight is 368 g/mol. The van der Waals surface area contributed by atoms with Gasteiger partial charge in [0.25, 0.3) is 0 Å². The Balaban J connectivity index is 1.57. The van der Waals surface area contributed by atoms with Gasteiger partial charge in [0, 0.05) is 0 Å². The summed E-state index contributed by atoms with van der Waals surface area (Å²) in [6.07, 6.45) is 0.443. The van der Waals surface area contributed by atoms with Gasteiger partial charge in [-0.1, -0.05) is 23.8 Å². The van der Waals surface area contributed by atoms with Crippen molar-refractivity contribution in [2.45, 2.75) is 12.6 Å². The minimum atomic E-state index is -4.64. The zero-order valence-electron chi connectivity index (χ0n) is 12.8. The zero-order valence-corrected chi connectivity index (χ0v) is 13.6. The summed E-state index contributed by atoms with van der Waals surface area (Å²) in [6, 6.07) is 3.19. The second kappa shape index (κ2) is 4.67. The molecule has 3 nitrogen and oxygen atoms in total. The van der Waals surface area contributed by atoms with Crippen LogP contribution in [0.25, 0.3) is 0 Å². The Morgan fingerprint density at radius 3 is 2.08 bits per heavy atom. The molecule has 6 rings (SSSR count). The molecule has 1 heterocycles. The van der Waals surface area contributed by atoms with Crippen molar-refractivity contribution in [2.24, 2.45) is 35.5 Å². The predicted octanol–water partition coefficient (Wildman–Crippen LogP) is 3.92. The number of nitrogens with zero attached hydrogens (tertiary/aromatic N) is 1. The molecule has 2 amide bonds. The number of amides is 2. The summed E-state index contributed by atoms with van der Waals surface area (Å²) in [5.74, 6) is -0.655. The third-order valence-corrected chi connectivity index (χ3v) is 6.51. The minimum absolute atomic E-state index is 0.0378. The lowest BCUT2D eigenvalue weighted by Gasteiger charge is -2.37. The van der Waals surface area contributed by atoms with Crippen molar-refractivity contribution >= 4 is 29.1 Å². The summed E-state index contributed by atoms with van der Waals surface area (Å²) in [6.45, 7) is 0. The van der Waals surface area contributed by atoms with E-state index in [9.17, 15) is 22.8 Å². The fraction of sp³-hybridized carbons (Fsp3) is 0.444. The Bertz CT molecular complexity index is 813. The molecule has 5 aliphatic rings. The van der Waals surface area contributed by atoms with Crippen molar-refractivity contribution in [3.63, 3.8) is 0 Å². The van der Waals surface area contributed by atoms with Crippen LogP contribution in [0.3, 0.4) is 0 Å². The van der Waals surface area contributed by atoms with Crippen molar-refractivity contribution < 1.29 is 22.8 Å². The third-order valence-electron chi connectivity index (χ3n) is 6.18. The lowest BCUT2D eigenvalue weighted by Crippen LogP contribution is -2.40. The van der Waals surface area contributed by atoms with Crippen LogP contribution in [0.2, 0.25) is 5.02 Å². The van der Waals surface area contributed by atoms with E-state index >= 15 is 0 Å². The van der Waals surface area contributed by atoms with E-state index in [-0.39, 0.29) is 29.3 Å². The molecule has 0 aromatic heterocycles. The Morgan fingerprint density at radius 2 is 1.56 bits per heavy atom. The first kappa shape index (κ1) is 15.4. The van der Waals surface area contributed by atoms with Crippen LogP contribution in [-0.2, 0) is 15.8 Å². The molecule has 4 aliphatic carbocycles. The summed E-state index contributed by atoms with van der Waals surface area (Å²) in [5, 5.41) is -0.448. The Morgan fingerprint density at radius 1 is 1.00 bits per heavy atom. The molecule has 7 heteroatoms. The van der Waals surface area contributed by atoms with E-state index in [0.29, 0.717) is 11.8 Å². The molecule has 1 aromatic rings. The molecule has 0 N–H and O–H groups in total. The summed E-state index contributed by atoms with van der Waals surface area (Å²) in [5.41, 5.74) is -1.08. The Labute approximate surface area is 146 Å². The van der Waals surface area contributed by atoms with Gasteiger partial charge < -0.3 is 0 Å². The highest BCUT2D eigenvalue weighted by atomic mass is 35.5. The minimum Gasteiger partial charge on any atom is -0.274 e. The molecular weight excluding hydrogens is 355 g/mol. The SMILES string of the molecule is O=C1[C@@H]2[C@@H]3C=C[C@H]([C@H]4C[C@H]34)[C@@H]2C(=O)N1c1ccc(Cl)c(C(F)(F)F)c1. The van der Waals surface area contributed by atoms with Crippen LogP contribution >= 0.6 is 11.6 Å². The fourth-order valence-corrected chi connectivity index (χ4v) is 5.31. The summed E-state index contributed by atoms with van der Waals surface area (Å²) in [4.78, 5) is 26.8. The van der Waals surface area contributed by atoms with Gasteiger partial charge in [-0.15, -0.1) is 0 Å². The van der Waals surface area contributed by atoms with Gasteiger partial charge in [-0.3, -0.25) is 14.5 Å². The standard InChI is InChI=1S/C18H13ClF3NO2/c19-13-4-1-7(5-12(13)18(20,21)22)23-16(24)14-8-2-3-9(11-6-10(8)11)15(14)17(23)25/h1-5,8-11,14-15H,6H2/t8-,9-,10-,11-,14-,15+/m1/s1. The molecule has 2 saturated carbocycles. The molecule has 2 bridgehead atoms. The number of benzene rings is 1. The topological polar surface area (TPSA) is 37.4 Å². The van der Waals surface area contributed by atoms with E-state index in [1.54, 1.807) is 0 Å². The van der Waals surface area contributed by atoms with Crippen LogP contribution in [0, 0.1) is 35.5 Å². The fourth-order valence-electron chi connectivity index (χ4n) is 5.08. The molecule has 1 aliphatic heterocycles. The second-order valence-electron chi connectivity index (χ2n) is 7.33. The van der Waals surface area contributed by atoms with Gasteiger partial charge in [0.1, 0.15) is 0 Å². The summed E-state index contributed by atoms with van der Waals surface area (Å²) in [7, 11) is 0. The Kier molecular flexibility index (Phi) is 2.88. The van der Waals surface area contributed by atoms with Crippen LogP contribution in [0.4, 0.5) is 18.9 Å². The quantitative estimate of drug-likeness (QED) is 0.557. The summed E-state index contributed by atoms with van der Waals surface area (Å²) >= 11 is 5.65. The number of imide groups is 1. The maximum absolute atomic E-state index is 13.1. The highest BCUT2D eigenvalue weighted by Crippen LogP contribution is 2.65. The average Bonchev–Trinajstić information content (AvgIpc) is 3.32. The van der Waals surface area contributed by atoms with Gasteiger partial charge >= 0.3 is 6.18 Å². The van der Waals surface area contributed by atoms with Crippen LogP contribution in [0.1, 0.15) is 12.0 Å². The first-order valence-corrected chi connectivity index (χ1v) is 8.59. The number of halogens is 4. The van der Waals surface area contributed by atoms with E-state index in [1.807, 2.05) is 12.2 Å². The van der Waals surface area contributed by atoms with Crippen LogP contribution in [0.15, 0.2) is 30.4 Å². The highest BCUT2D eigenvalue weighted by Gasteiger charge is 2.67. The van der Waals surface area contributed by atoms with Gasteiger partial charge in [-0.2, -0.15) is 13.2 Å². The van der Waals surface area contributed by atoms with Crippen LogP contribution < -0.4 is 4.90 Å². The van der Waals surface area contributed by atoms with E-state index in [2.05, 4.69) is 0 Å². The van der Waals surface area contributed by atoms with Gasteiger partial charge in [-0.05, 0) is 48.3 Å². The number of allylic oxidation sites excluding steroid dienone is 2. The number of hydrogen-bond donors (Lipinski definition) is 0. The predicted molar refractivity (Wildman–Crippen MR) is 83.6 cm³/mol. The van der Waals surface area contributed by atoms with Gasteiger partial charge in [0.2, 0.25) is 11.8 Å². The van der Waals surface area contributed by atoms with E-state index in [0.717, 1.165) is 23.5 Å². The Hall–Kier alpha value is -1.82. The molecule has 6 atom stereocenters. The van der Waals surface area contributed by atoms with Crippen LogP contribution in [0.5, 0.6) is 0 Å². The number of carbonyl (C=O) groups excluding carboxylic acids is 2. The van der Waals surface area contributed by atoms with Crippen molar-refractivity contribution in [3.05, 3.63) is 40.9 Å². The molecular formula is C18H13ClF3NO2. The second-order valence-corrected chi connectivity index (χ2v) is 7.74. The van der Waals surface area contributed by atoms with E-state index in [4.69, 9.17) is 11.6 Å². The van der Waals surface area contributed by atoms with E-state index < -0.39 is 28.6 Å². The lowest BCUT2D eigenvalue weighted by molar-refractivity contribution is -0.137. The number of hydrogen-bond acceptors (Lipinski definition) is 2. The van der Waals surface area contributed by atoms with Crippen molar-refractivity contribution in [2.75, 3.05) is 4.90 Å². The largest absolute Gasteiger partial charge is 0.417 e. The van der Waals surface area contributed by atoms with Crippen LogP contribution in [-0.4, -0.2) is 11.8 Å². The zero-order chi connectivity index (χ0) is 17.7. The monoisotopic (exact) mass is 367 g/mol. The number of carbonyl (C=O) groups is 2. The van der Waals surface area contributed by atoms with E-state index in [1.165, 1.54) is 6.07 Å². The molecule has 0 spiro atoms. The van der Waals surface area contributed by atoms with Gasteiger partial charge in [0.05, 0.1) is 28.1 Å². The number of anilines is 1. The molecule has 1 saturated heterocycles. The maximum Gasteiger partial charge on any atom is 0.417 e. The molecule has 0 radical (unpaired) electrons. The normalized spacial score (nSPS) is 38.2. The van der Waals surface area contributed by atoms with Crippen molar-refractivity contribution in [3.8, 4) is 0 Å². The van der Waals surface area contributed by atoms with Crippen molar-refractivity contribution in [1.29, 1.82) is 0 Å². The number of alkyl halides is 3. The molecule has 25 heavy (non-hydrogen) atoms. The first-order chi connectivity index (χ1) is 11.8. The highest BCUT2D eigenvalue weighted by molar-refractivity contribution is 6.31. The first-order valence-electron chi connectivity index (χ1n) is 8.22. The van der Waals surface area contributed by atoms with Gasteiger partial charge in [-0.25, -0.2) is 0 Å². The van der Waals surface area contributed by atoms with Crippen molar-refractivity contribution in [1.82, 2.24) is 0 Å². The molecule has 130 valence electrons.